The molecule has 1 aliphatic heterocycles. The summed E-state index contributed by atoms with van der Waals surface area (Å²) in [4.78, 5) is 40.5. The van der Waals surface area contributed by atoms with Gasteiger partial charge in [0.2, 0.25) is 5.91 Å². The number of hydrogen-bond donors (Lipinski definition) is 1. The van der Waals surface area contributed by atoms with Crippen molar-refractivity contribution in [1.29, 1.82) is 0 Å². The third-order valence-electron chi connectivity index (χ3n) is 6.32. The van der Waals surface area contributed by atoms with Crippen LogP contribution in [-0.2, 0) is 22.6 Å². The summed E-state index contributed by atoms with van der Waals surface area (Å²) in [7, 11) is 0. The van der Waals surface area contributed by atoms with E-state index in [4.69, 9.17) is 4.74 Å². The van der Waals surface area contributed by atoms with Crippen LogP contribution in [0.15, 0.2) is 91.0 Å². The summed E-state index contributed by atoms with van der Waals surface area (Å²) in [6.45, 7) is 1.09. The first kappa shape index (κ1) is 24.2. The zero-order valence-electron chi connectivity index (χ0n) is 19.6. The lowest BCUT2D eigenvalue weighted by Crippen LogP contribution is -2.52. The van der Waals surface area contributed by atoms with E-state index in [-0.39, 0.29) is 24.2 Å². The van der Waals surface area contributed by atoms with Crippen LogP contribution in [0.2, 0.25) is 0 Å². The number of carbonyl (C=O) groups is 3. The smallest absolute Gasteiger partial charge is 0.408 e. The normalized spacial score (nSPS) is 14.7. The lowest BCUT2D eigenvalue weighted by Gasteiger charge is -2.34. The van der Waals surface area contributed by atoms with Gasteiger partial charge in [0.15, 0.2) is 5.78 Å². The maximum atomic E-state index is 13.4. The Morgan fingerprint density at radius 2 is 1.34 bits per heavy atom. The van der Waals surface area contributed by atoms with E-state index in [1.165, 1.54) is 0 Å². The van der Waals surface area contributed by atoms with Gasteiger partial charge < -0.3 is 15.0 Å². The Kier molecular flexibility index (Phi) is 8.28. The van der Waals surface area contributed by atoms with Crippen LogP contribution >= 0.6 is 0 Å². The van der Waals surface area contributed by atoms with Gasteiger partial charge in [-0.1, -0.05) is 91.0 Å². The summed E-state index contributed by atoms with van der Waals surface area (Å²) in [5, 5.41) is 2.77. The van der Waals surface area contributed by atoms with Crippen molar-refractivity contribution in [2.45, 2.75) is 31.9 Å². The highest BCUT2D eigenvalue weighted by atomic mass is 16.5. The molecular weight excluding hydrogens is 440 g/mol. The number of nitrogens with one attached hydrogen (secondary N) is 1. The first-order valence-electron chi connectivity index (χ1n) is 12.0. The molecule has 0 aromatic heterocycles. The molecule has 2 amide bonds. The molecule has 0 bridgehead atoms. The number of nitrogens with zero attached hydrogens (tertiary/aromatic N) is 1. The molecule has 0 spiro atoms. The molecular formula is C29H30N2O4. The number of ketones is 1. The Morgan fingerprint density at radius 1 is 0.800 bits per heavy atom. The fourth-order valence-electron chi connectivity index (χ4n) is 4.38. The number of ether oxygens (including phenoxy) is 1. The second-order valence-corrected chi connectivity index (χ2v) is 8.78. The minimum absolute atomic E-state index is 0.0992. The number of alkyl carbamates (subject to hydrolysis) is 1. The van der Waals surface area contributed by atoms with Gasteiger partial charge in [0.25, 0.3) is 0 Å². The molecule has 6 nitrogen and oxygen atoms in total. The van der Waals surface area contributed by atoms with E-state index >= 15 is 0 Å². The molecule has 4 rings (SSSR count). The van der Waals surface area contributed by atoms with Crippen LogP contribution in [0.4, 0.5) is 4.79 Å². The van der Waals surface area contributed by atoms with Crippen molar-refractivity contribution in [1.82, 2.24) is 10.2 Å². The summed E-state index contributed by atoms with van der Waals surface area (Å²) in [6.07, 6.45) is 0.951. The van der Waals surface area contributed by atoms with Crippen molar-refractivity contribution in [2.75, 3.05) is 13.1 Å². The van der Waals surface area contributed by atoms with Crippen LogP contribution in [-0.4, -0.2) is 41.8 Å². The summed E-state index contributed by atoms with van der Waals surface area (Å²) in [5.74, 6) is -0.130. The van der Waals surface area contributed by atoms with Crippen LogP contribution in [0.1, 0.15) is 34.3 Å². The molecule has 1 fully saturated rings. The van der Waals surface area contributed by atoms with E-state index in [9.17, 15) is 14.4 Å². The van der Waals surface area contributed by atoms with Crippen LogP contribution < -0.4 is 5.32 Å². The number of likely N-dealkylation sites (tertiary alicyclic amines) is 1. The molecule has 6 heteroatoms. The van der Waals surface area contributed by atoms with E-state index < -0.39 is 12.1 Å². The monoisotopic (exact) mass is 470 g/mol. The fraction of sp³-hybridized carbons (Fsp3) is 0.276. The first-order valence-corrected chi connectivity index (χ1v) is 12.0. The Bertz CT molecular complexity index is 1110. The van der Waals surface area contributed by atoms with Gasteiger partial charge in [-0.2, -0.15) is 0 Å². The van der Waals surface area contributed by atoms with Crippen molar-refractivity contribution in [2.24, 2.45) is 5.92 Å². The van der Waals surface area contributed by atoms with Gasteiger partial charge in [-0.3, -0.25) is 9.59 Å². The van der Waals surface area contributed by atoms with E-state index in [0.29, 0.717) is 37.9 Å². The van der Waals surface area contributed by atoms with Gasteiger partial charge in [-0.25, -0.2) is 4.79 Å². The molecule has 1 N–H and O–H groups in total. The third kappa shape index (κ3) is 6.79. The Hall–Kier alpha value is -3.93. The second kappa shape index (κ2) is 12.0. The minimum Gasteiger partial charge on any atom is -0.445 e. The molecule has 0 saturated carbocycles. The van der Waals surface area contributed by atoms with E-state index in [0.717, 1.165) is 11.1 Å². The average Bonchev–Trinajstić information content (AvgIpc) is 2.92. The summed E-state index contributed by atoms with van der Waals surface area (Å²) >= 11 is 0. The van der Waals surface area contributed by atoms with Crippen molar-refractivity contribution in [3.63, 3.8) is 0 Å². The first-order chi connectivity index (χ1) is 17.1. The number of Topliss-reactive ketones (excluding diaryl/α,β-unsaturated/α-hetero) is 1. The largest absolute Gasteiger partial charge is 0.445 e. The highest BCUT2D eigenvalue weighted by Gasteiger charge is 2.32. The number of amides is 2. The maximum Gasteiger partial charge on any atom is 0.408 e. The molecule has 3 aromatic carbocycles. The predicted molar refractivity (Wildman–Crippen MR) is 134 cm³/mol. The van der Waals surface area contributed by atoms with Crippen LogP contribution in [0, 0.1) is 5.92 Å². The van der Waals surface area contributed by atoms with Gasteiger partial charge in [0.05, 0.1) is 0 Å². The molecule has 3 aromatic rings. The zero-order valence-corrected chi connectivity index (χ0v) is 19.6. The van der Waals surface area contributed by atoms with Crippen molar-refractivity contribution in [3.05, 3.63) is 108 Å². The van der Waals surface area contributed by atoms with Gasteiger partial charge in [0.1, 0.15) is 12.6 Å². The molecule has 1 saturated heterocycles. The zero-order chi connectivity index (χ0) is 24.5. The SMILES string of the molecule is O=C(N[C@@H](Cc1ccccc1)C(=O)N1CCC(C(=O)c2ccccc2)CC1)OCc1ccccc1. The molecule has 0 aliphatic carbocycles. The van der Waals surface area contributed by atoms with Gasteiger partial charge in [0, 0.05) is 31.0 Å². The van der Waals surface area contributed by atoms with Crippen molar-refractivity contribution < 1.29 is 19.1 Å². The molecule has 0 unspecified atom stereocenters. The lowest BCUT2D eigenvalue weighted by atomic mass is 9.88. The number of benzene rings is 3. The predicted octanol–water partition coefficient (Wildman–Crippen LogP) is 4.65. The van der Waals surface area contributed by atoms with Crippen molar-refractivity contribution in [3.8, 4) is 0 Å². The third-order valence-corrected chi connectivity index (χ3v) is 6.32. The van der Waals surface area contributed by atoms with Crippen molar-refractivity contribution >= 4 is 17.8 Å². The molecule has 180 valence electrons. The number of hydrogen-bond acceptors (Lipinski definition) is 4. The molecule has 1 atom stereocenters. The summed E-state index contributed by atoms with van der Waals surface area (Å²) in [5.41, 5.74) is 2.53. The maximum absolute atomic E-state index is 13.4. The van der Waals surface area contributed by atoms with E-state index in [1.54, 1.807) is 4.90 Å². The average molecular weight is 471 g/mol. The van der Waals surface area contributed by atoms with E-state index in [2.05, 4.69) is 5.32 Å². The topological polar surface area (TPSA) is 75.7 Å². The standard InChI is InChI=1S/C29H30N2O4/c32-27(24-14-8-3-9-15-24)25-16-18-31(19-17-25)28(33)26(20-22-10-4-1-5-11-22)30-29(34)35-21-23-12-6-2-7-13-23/h1-15,25-26H,16-21H2,(H,30,34)/t26-/m0/s1. The highest BCUT2D eigenvalue weighted by molar-refractivity contribution is 5.98. The second-order valence-electron chi connectivity index (χ2n) is 8.78. The molecule has 0 radical (unpaired) electrons. The van der Waals surface area contributed by atoms with Gasteiger partial charge >= 0.3 is 6.09 Å². The summed E-state index contributed by atoms with van der Waals surface area (Å²) in [6, 6.07) is 27.5. The number of carbonyl (C=O) groups excluding carboxylic acids is 3. The molecule has 1 aliphatic rings. The molecule has 35 heavy (non-hydrogen) atoms. The number of piperidine rings is 1. The Morgan fingerprint density at radius 3 is 1.94 bits per heavy atom. The lowest BCUT2D eigenvalue weighted by molar-refractivity contribution is -0.134. The number of rotatable bonds is 8. The van der Waals surface area contributed by atoms with Gasteiger partial charge in [-0.15, -0.1) is 0 Å². The van der Waals surface area contributed by atoms with Gasteiger partial charge in [-0.05, 0) is 24.0 Å². The molecule has 1 heterocycles. The minimum atomic E-state index is -0.748. The van der Waals surface area contributed by atoms with Crippen LogP contribution in [0.5, 0.6) is 0 Å². The van der Waals surface area contributed by atoms with E-state index in [1.807, 2.05) is 91.0 Å². The Labute approximate surface area is 205 Å². The highest BCUT2D eigenvalue weighted by Crippen LogP contribution is 2.23. The van der Waals surface area contributed by atoms with Crippen LogP contribution in [0.25, 0.3) is 0 Å². The summed E-state index contributed by atoms with van der Waals surface area (Å²) < 4.78 is 5.37. The van der Waals surface area contributed by atoms with Crippen LogP contribution in [0.3, 0.4) is 0 Å². The quantitative estimate of drug-likeness (QED) is 0.487. The fourth-order valence-corrected chi connectivity index (χ4v) is 4.38. The Balaban J connectivity index is 1.37.